The molecule has 1 aliphatic carbocycles. The summed E-state index contributed by atoms with van der Waals surface area (Å²) >= 11 is 0. The quantitative estimate of drug-likeness (QED) is 0.658. The fraction of sp³-hybridized carbons (Fsp3) is 1.00. The molecule has 0 aromatic carbocycles. The summed E-state index contributed by atoms with van der Waals surface area (Å²) in [6, 6.07) is 0.565. The monoisotopic (exact) mass is 171 g/mol. The highest BCUT2D eigenvalue weighted by molar-refractivity contribution is 4.74. The summed E-state index contributed by atoms with van der Waals surface area (Å²) in [5, 5.41) is 3.55. The smallest absolute Gasteiger partial charge is 0.0615 e. The summed E-state index contributed by atoms with van der Waals surface area (Å²) in [7, 11) is 1.77. The molecule has 1 N–H and O–H groups in total. The van der Waals surface area contributed by atoms with Crippen molar-refractivity contribution in [3.05, 3.63) is 0 Å². The minimum absolute atomic E-state index is 0.565. The van der Waals surface area contributed by atoms with Crippen molar-refractivity contribution in [2.24, 2.45) is 5.92 Å². The molecule has 1 atom stereocenters. The molecule has 0 saturated heterocycles. The van der Waals surface area contributed by atoms with Crippen LogP contribution in [0.1, 0.15) is 32.6 Å². The van der Waals surface area contributed by atoms with Crippen molar-refractivity contribution in [1.29, 1.82) is 0 Å². The van der Waals surface area contributed by atoms with Gasteiger partial charge in [-0.2, -0.15) is 0 Å². The standard InChI is InChI=1S/C10H21NO/c1-3-10(8-12-2)11-7-9-5-4-6-9/h9-11H,3-8H2,1-2H3. The van der Waals surface area contributed by atoms with Crippen molar-refractivity contribution in [2.75, 3.05) is 20.3 Å². The van der Waals surface area contributed by atoms with E-state index in [2.05, 4.69) is 12.2 Å². The number of ether oxygens (including phenoxy) is 1. The van der Waals surface area contributed by atoms with Crippen LogP contribution in [0.15, 0.2) is 0 Å². The third-order valence-electron chi connectivity index (χ3n) is 2.78. The summed E-state index contributed by atoms with van der Waals surface area (Å²) in [5.74, 6) is 0.955. The second kappa shape index (κ2) is 5.55. The minimum atomic E-state index is 0.565. The van der Waals surface area contributed by atoms with Crippen LogP contribution in [0, 0.1) is 5.92 Å². The Labute approximate surface area is 75.7 Å². The number of methoxy groups -OCH3 is 1. The molecule has 0 aromatic heterocycles. The Morgan fingerprint density at radius 1 is 1.50 bits per heavy atom. The van der Waals surface area contributed by atoms with Gasteiger partial charge in [0.2, 0.25) is 0 Å². The maximum Gasteiger partial charge on any atom is 0.0615 e. The molecule has 1 unspecified atom stereocenters. The molecule has 0 radical (unpaired) electrons. The number of nitrogens with one attached hydrogen (secondary N) is 1. The summed E-state index contributed by atoms with van der Waals surface area (Å²) in [4.78, 5) is 0. The van der Waals surface area contributed by atoms with Crippen LogP contribution in [-0.2, 0) is 4.74 Å². The van der Waals surface area contributed by atoms with Crippen LogP contribution in [-0.4, -0.2) is 26.3 Å². The van der Waals surface area contributed by atoms with E-state index >= 15 is 0 Å². The average molecular weight is 171 g/mol. The van der Waals surface area contributed by atoms with Crippen molar-refractivity contribution < 1.29 is 4.74 Å². The van der Waals surface area contributed by atoms with Crippen molar-refractivity contribution >= 4 is 0 Å². The molecule has 1 fully saturated rings. The molecule has 1 aliphatic rings. The first-order valence-electron chi connectivity index (χ1n) is 5.09. The van der Waals surface area contributed by atoms with Crippen LogP contribution in [0.2, 0.25) is 0 Å². The highest BCUT2D eigenvalue weighted by Crippen LogP contribution is 2.25. The average Bonchev–Trinajstić information content (AvgIpc) is 2.00. The zero-order valence-corrected chi connectivity index (χ0v) is 8.31. The third kappa shape index (κ3) is 3.11. The Kier molecular flexibility index (Phi) is 4.62. The van der Waals surface area contributed by atoms with Crippen molar-refractivity contribution in [3.63, 3.8) is 0 Å². The van der Waals surface area contributed by atoms with E-state index < -0.39 is 0 Å². The predicted molar refractivity (Wildman–Crippen MR) is 51.3 cm³/mol. The van der Waals surface area contributed by atoms with Gasteiger partial charge in [-0.05, 0) is 31.7 Å². The van der Waals surface area contributed by atoms with E-state index in [1.807, 2.05) is 0 Å². The summed E-state index contributed by atoms with van der Waals surface area (Å²) < 4.78 is 5.12. The van der Waals surface area contributed by atoms with Crippen LogP contribution in [0.25, 0.3) is 0 Å². The topological polar surface area (TPSA) is 21.3 Å². The Morgan fingerprint density at radius 3 is 2.67 bits per heavy atom. The first-order valence-corrected chi connectivity index (χ1v) is 5.09. The fourth-order valence-corrected chi connectivity index (χ4v) is 1.55. The Hall–Kier alpha value is -0.0800. The molecule has 2 nitrogen and oxygen atoms in total. The minimum Gasteiger partial charge on any atom is -0.383 e. The normalized spacial score (nSPS) is 20.5. The number of hydrogen-bond acceptors (Lipinski definition) is 2. The lowest BCUT2D eigenvalue weighted by Crippen LogP contribution is -2.37. The maximum absolute atomic E-state index is 5.12. The lowest BCUT2D eigenvalue weighted by molar-refractivity contribution is 0.157. The van der Waals surface area contributed by atoms with Gasteiger partial charge >= 0.3 is 0 Å². The molecule has 0 aliphatic heterocycles. The van der Waals surface area contributed by atoms with Gasteiger partial charge in [0.25, 0.3) is 0 Å². The van der Waals surface area contributed by atoms with Crippen LogP contribution in [0.3, 0.4) is 0 Å². The first kappa shape index (κ1) is 10.0. The molecule has 0 amide bonds. The lowest BCUT2D eigenvalue weighted by Gasteiger charge is -2.27. The molecular weight excluding hydrogens is 150 g/mol. The van der Waals surface area contributed by atoms with Gasteiger partial charge in [0.15, 0.2) is 0 Å². The summed E-state index contributed by atoms with van der Waals surface area (Å²) in [5.41, 5.74) is 0. The zero-order chi connectivity index (χ0) is 8.81. The van der Waals surface area contributed by atoms with Gasteiger partial charge in [0.05, 0.1) is 6.61 Å². The number of rotatable bonds is 6. The van der Waals surface area contributed by atoms with E-state index in [0.717, 1.165) is 12.5 Å². The molecule has 1 saturated carbocycles. The van der Waals surface area contributed by atoms with Gasteiger partial charge < -0.3 is 10.1 Å². The fourth-order valence-electron chi connectivity index (χ4n) is 1.55. The van der Waals surface area contributed by atoms with Crippen LogP contribution in [0.5, 0.6) is 0 Å². The van der Waals surface area contributed by atoms with Crippen LogP contribution < -0.4 is 5.32 Å². The van der Waals surface area contributed by atoms with Crippen LogP contribution in [0.4, 0.5) is 0 Å². The molecule has 2 heteroatoms. The Bertz CT molecular complexity index is 112. The van der Waals surface area contributed by atoms with Gasteiger partial charge in [-0.3, -0.25) is 0 Å². The third-order valence-corrected chi connectivity index (χ3v) is 2.78. The van der Waals surface area contributed by atoms with Gasteiger partial charge in [-0.25, -0.2) is 0 Å². The molecular formula is C10H21NO. The molecule has 1 rings (SSSR count). The molecule has 0 bridgehead atoms. The van der Waals surface area contributed by atoms with Gasteiger partial charge in [-0.1, -0.05) is 13.3 Å². The van der Waals surface area contributed by atoms with Gasteiger partial charge in [-0.15, -0.1) is 0 Å². The molecule has 0 aromatic rings. The van der Waals surface area contributed by atoms with E-state index in [9.17, 15) is 0 Å². The molecule has 72 valence electrons. The van der Waals surface area contributed by atoms with E-state index in [1.165, 1.54) is 32.2 Å². The Morgan fingerprint density at radius 2 is 2.25 bits per heavy atom. The van der Waals surface area contributed by atoms with Crippen molar-refractivity contribution in [3.8, 4) is 0 Å². The second-order valence-electron chi connectivity index (χ2n) is 3.77. The molecule has 0 heterocycles. The summed E-state index contributed by atoms with van der Waals surface area (Å²) in [6.07, 6.45) is 5.46. The molecule has 12 heavy (non-hydrogen) atoms. The van der Waals surface area contributed by atoms with Gasteiger partial charge in [0, 0.05) is 13.2 Å². The highest BCUT2D eigenvalue weighted by atomic mass is 16.5. The van der Waals surface area contributed by atoms with Crippen molar-refractivity contribution in [1.82, 2.24) is 5.32 Å². The number of hydrogen-bond donors (Lipinski definition) is 1. The zero-order valence-electron chi connectivity index (χ0n) is 8.31. The first-order chi connectivity index (χ1) is 5.86. The van der Waals surface area contributed by atoms with Gasteiger partial charge in [0.1, 0.15) is 0 Å². The second-order valence-corrected chi connectivity index (χ2v) is 3.77. The van der Waals surface area contributed by atoms with Crippen molar-refractivity contribution in [2.45, 2.75) is 38.6 Å². The predicted octanol–water partition coefficient (Wildman–Crippen LogP) is 1.80. The SMILES string of the molecule is CCC(COC)NCC1CCC1. The summed E-state index contributed by atoms with van der Waals surface area (Å²) in [6.45, 7) is 4.25. The maximum atomic E-state index is 5.12. The van der Waals surface area contributed by atoms with E-state index in [1.54, 1.807) is 7.11 Å². The largest absolute Gasteiger partial charge is 0.383 e. The van der Waals surface area contributed by atoms with E-state index in [-0.39, 0.29) is 0 Å². The molecule has 0 spiro atoms. The Balaban J connectivity index is 2.01. The van der Waals surface area contributed by atoms with Crippen LogP contribution >= 0.6 is 0 Å². The van der Waals surface area contributed by atoms with E-state index in [4.69, 9.17) is 4.74 Å². The lowest BCUT2D eigenvalue weighted by atomic mass is 9.85. The highest BCUT2D eigenvalue weighted by Gasteiger charge is 2.17. The van der Waals surface area contributed by atoms with E-state index in [0.29, 0.717) is 6.04 Å².